The maximum atomic E-state index is 10.7. The van der Waals surface area contributed by atoms with E-state index < -0.39 is 5.97 Å². The Bertz CT molecular complexity index is 554. The average Bonchev–Trinajstić information content (AvgIpc) is 2.33. The quantitative estimate of drug-likeness (QED) is 0.848. The Hall–Kier alpha value is -2.09. The zero-order valence-electron chi connectivity index (χ0n) is 9.90. The van der Waals surface area contributed by atoms with Crippen LogP contribution in [0.15, 0.2) is 42.5 Å². The molecule has 0 aromatic heterocycles. The van der Waals surface area contributed by atoms with Crippen molar-refractivity contribution in [2.75, 3.05) is 0 Å². The fourth-order valence-corrected chi connectivity index (χ4v) is 1.73. The van der Waals surface area contributed by atoms with Crippen molar-refractivity contribution in [1.29, 1.82) is 0 Å². The molecule has 0 aliphatic heterocycles. The molecule has 17 heavy (non-hydrogen) atoms. The first kappa shape index (κ1) is 11.4. The van der Waals surface area contributed by atoms with Crippen molar-refractivity contribution < 1.29 is 9.90 Å². The summed E-state index contributed by atoms with van der Waals surface area (Å²) in [4.78, 5) is 10.7. The van der Waals surface area contributed by atoms with Crippen LogP contribution in [-0.4, -0.2) is 11.1 Å². The zero-order chi connectivity index (χ0) is 12.4. The third-order valence-corrected chi connectivity index (χ3v) is 2.97. The van der Waals surface area contributed by atoms with Gasteiger partial charge in [-0.3, -0.25) is 0 Å². The summed E-state index contributed by atoms with van der Waals surface area (Å²) in [6.07, 6.45) is 0. The van der Waals surface area contributed by atoms with Gasteiger partial charge in [0.25, 0.3) is 0 Å². The Labute approximate surface area is 101 Å². The van der Waals surface area contributed by atoms with Crippen LogP contribution in [0.5, 0.6) is 0 Å². The maximum absolute atomic E-state index is 10.7. The van der Waals surface area contributed by atoms with Gasteiger partial charge in [-0.1, -0.05) is 30.3 Å². The van der Waals surface area contributed by atoms with Gasteiger partial charge < -0.3 is 5.11 Å². The van der Waals surface area contributed by atoms with Gasteiger partial charge in [0.2, 0.25) is 0 Å². The Morgan fingerprint density at radius 3 is 2.00 bits per heavy atom. The first-order valence-corrected chi connectivity index (χ1v) is 5.49. The molecular weight excluding hydrogens is 212 g/mol. The van der Waals surface area contributed by atoms with Crippen LogP contribution in [0.2, 0.25) is 0 Å². The molecule has 0 amide bonds. The van der Waals surface area contributed by atoms with Gasteiger partial charge in [0, 0.05) is 0 Å². The smallest absolute Gasteiger partial charge is 0.335 e. The summed E-state index contributed by atoms with van der Waals surface area (Å²) in [5, 5.41) is 8.83. The minimum atomic E-state index is -0.892. The van der Waals surface area contributed by atoms with Crippen LogP contribution in [0, 0.1) is 13.8 Å². The number of aromatic carboxylic acids is 1. The highest BCUT2D eigenvalue weighted by molar-refractivity contribution is 5.88. The highest BCUT2D eigenvalue weighted by Crippen LogP contribution is 2.22. The SMILES string of the molecule is Cc1ccc(-c2ccc(C(=O)O)cc2)cc1C. The first-order chi connectivity index (χ1) is 8.08. The van der Waals surface area contributed by atoms with Gasteiger partial charge in [0.15, 0.2) is 0 Å². The van der Waals surface area contributed by atoms with E-state index in [1.54, 1.807) is 12.1 Å². The lowest BCUT2D eigenvalue weighted by Gasteiger charge is -2.05. The Balaban J connectivity index is 2.39. The monoisotopic (exact) mass is 226 g/mol. The molecule has 2 nitrogen and oxygen atoms in total. The lowest BCUT2D eigenvalue weighted by Crippen LogP contribution is -1.95. The van der Waals surface area contributed by atoms with Gasteiger partial charge in [-0.05, 0) is 48.2 Å². The second kappa shape index (κ2) is 4.42. The Kier molecular flexibility index (Phi) is 2.96. The second-order valence-corrected chi connectivity index (χ2v) is 4.18. The molecule has 0 aliphatic carbocycles. The van der Waals surface area contributed by atoms with Gasteiger partial charge in [-0.25, -0.2) is 4.79 Å². The van der Waals surface area contributed by atoms with Crippen LogP contribution >= 0.6 is 0 Å². The van der Waals surface area contributed by atoms with E-state index in [4.69, 9.17) is 5.11 Å². The standard InChI is InChI=1S/C15H14O2/c1-10-3-4-14(9-11(10)2)12-5-7-13(8-6-12)15(16)17/h3-9H,1-2H3,(H,16,17). The molecule has 0 aliphatic rings. The van der Waals surface area contributed by atoms with Gasteiger partial charge in [-0.15, -0.1) is 0 Å². The van der Waals surface area contributed by atoms with Crippen molar-refractivity contribution in [2.24, 2.45) is 0 Å². The number of aryl methyl sites for hydroxylation is 2. The number of benzene rings is 2. The number of hydrogen-bond donors (Lipinski definition) is 1. The third-order valence-electron chi connectivity index (χ3n) is 2.97. The minimum Gasteiger partial charge on any atom is -0.478 e. The van der Waals surface area contributed by atoms with Crippen LogP contribution in [0.3, 0.4) is 0 Å². The average molecular weight is 226 g/mol. The molecule has 0 unspecified atom stereocenters. The molecule has 0 spiro atoms. The predicted octanol–water partition coefficient (Wildman–Crippen LogP) is 3.67. The molecular formula is C15H14O2. The molecule has 2 aromatic rings. The molecule has 0 bridgehead atoms. The van der Waals surface area contributed by atoms with Crippen molar-refractivity contribution >= 4 is 5.97 Å². The molecule has 2 aromatic carbocycles. The fourth-order valence-electron chi connectivity index (χ4n) is 1.73. The predicted molar refractivity (Wildman–Crippen MR) is 68.3 cm³/mol. The lowest BCUT2D eigenvalue weighted by molar-refractivity contribution is 0.0697. The first-order valence-electron chi connectivity index (χ1n) is 5.49. The van der Waals surface area contributed by atoms with Crippen LogP contribution in [-0.2, 0) is 0 Å². The molecule has 0 atom stereocenters. The normalized spacial score (nSPS) is 10.2. The summed E-state index contributed by atoms with van der Waals surface area (Å²) in [5.74, 6) is -0.892. The molecule has 0 radical (unpaired) electrons. The van der Waals surface area contributed by atoms with Crippen molar-refractivity contribution in [2.45, 2.75) is 13.8 Å². The number of carboxylic acid groups (broad SMARTS) is 1. The van der Waals surface area contributed by atoms with Crippen LogP contribution in [0.1, 0.15) is 21.5 Å². The van der Waals surface area contributed by atoms with E-state index in [9.17, 15) is 4.79 Å². The molecule has 0 heterocycles. The highest BCUT2D eigenvalue weighted by Gasteiger charge is 2.03. The topological polar surface area (TPSA) is 37.3 Å². The van der Waals surface area contributed by atoms with Crippen molar-refractivity contribution in [3.05, 3.63) is 59.2 Å². The summed E-state index contributed by atoms with van der Waals surface area (Å²) < 4.78 is 0. The summed E-state index contributed by atoms with van der Waals surface area (Å²) in [6, 6.07) is 13.2. The highest BCUT2D eigenvalue weighted by atomic mass is 16.4. The molecule has 0 fully saturated rings. The summed E-state index contributed by atoms with van der Waals surface area (Å²) in [5.41, 5.74) is 4.97. The zero-order valence-corrected chi connectivity index (χ0v) is 9.90. The largest absolute Gasteiger partial charge is 0.478 e. The van der Waals surface area contributed by atoms with E-state index >= 15 is 0 Å². The number of hydrogen-bond acceptors (Lipinski definition) is 1. The van der Waals surface area contributed by atoms with E-state index in [0.717, 1.165) is 11.1 Å². The molecule has 0 saturated heterocycles. The van der Waals surface area contributed by atoms with E-state index in [2.05, 4.69) is 32.0 Å². The number of carbonyl (C=O) groups is 1. The van der Waals surface area contributed by atoms with Crippen molar-refractivity contribution in [3.8, 4) is 11.1 Å². The molecule has 1 N–H and O–H groups in total. The van der Waals surface area contributed by atoms with Crippen LogP contribution in [0.4, 0.5) is 0 Å². The fraction of sp³-hybridized carbons (Fsp3) is 0.133. The van der Waals surface area contributed by atoms with Gasteiger partial charge >= 0.3 is 5.97 Å². The van der Waals surface area contributed by atoms with E-state index in [1.807, 2.05) is 12.1 Å². The Morgan fingerprint density at radius 2 is 1.47 bits per heavy atom. The molecule has 2 rings (SSSR count). The number of carboxylic acids is 1. The molecule has 0 saturated carbocycles. The lowest BCUT2D eigenvalue weighted by atomic mass is 10.00. The second-order valence-electron chi connectivity index (χ2n) is 4.18. The third kappa shape index (κ3) is 2.36. The van der Waals surface area contributed by atoms with Gasteiger partial charge in [0.1, 0.15) is 0 Å². The van der Waals surface area contributed by atoms with Crippen LogP contribution in [0.25, 0.3) is 11.1 Å². The van der Waals surface area contributed by atoms with E-state index in [1.165, 1.54) is 11.1 Å². The summed E-state index contributed by atoms with van der Waals surface area (Å²) >= 11 is 0. The summed E-state index contributed by atoms with van der Waals surface area (Å²) in [6.45, 7) is 4.15. The molecule has 86 valence electrons. The van der Waals surface area contributed by atoms with Gasteiger partial charge in [-0.2, -0.15) is 0 Å². The van der Waals surface area contributed by atoms with Crippen LogP contribution < -0.4 is 0 Å². The minimum absolute atomic E-state index is 0.317. The van der Waals surface area contributed by atoms with E-state index in [0.29, 0.717) is 5.56 Å². The Morgan fingerprint density at radius 1 is 0.882 bits per heavy atom. The molecule has 2 heteroatoms. The van der Waals surface area contributed by atoms with Gasteiger partial charge in [0.05, 0.1) is 5.56 Å². The van der Waals surface area contributed by atoms with Crippen molar-refractivity contribution in [1.82, 2.24) is 0 Å². The van der Waals surface area contributed by atoms with Crippen molar-refractivity contribution in [3.63, 3.8) is 0 Å². The summed E-state index contributed by atoms with van der Waals surface area (Å²) in [7, 11) is 0. The van der Waals surface area contributed by atoms with E-state index in [-0.39, 0.29) is 0 Å². The number of rotatable bonds is 2. The maximum Gasteiger partial charge on any atom is 0.335 e.